The predicted octanol–water partition coefficient (Wildman–Crippen LogP) is 4.99. The Morgan fingerprint density at radius 2 is 1.68 bits per heavy atom. The molecule has 0 aromatic heterocycles. The van der Waals surface area contributed by atoms with Crippen LogP contribution < -0.4 is 0 Å². The SMILES string of the molecule is CCCCCCCCc1cccc2cc(S(=O)(=O)O)ccc12. The first-order valence-electron chi connectivity index (χ1n) is 8.01. The topological polar surface area (TPSA) is 54.4 Å². The number of unbranched alkanes of at least 4 members (excludes halogenated alkanes) is 5. The van der Waals surface area contributed by atoms with Gasteiger partial charge < -0.3 is 0 Å². The second-order valence-electron chi connectivity index (χ2n) is 5.79. The fourth-order valence-electron chi connectivity index (χ4n) is 2.80. The van der Waals surface area contributed by atoms with Gasteiger partial charge in [0, 0.05) is 0 Å². The maximum Gasteiger partial charge on any atom is 0.294 e. The van der Waals surface area contributed by atoms with Crippen LogP contribution in [-0.4, -0.2) is 13.0 Å². The lowest BCUT2D eigenvalue weighted by atomic mass is 9.99. The molecule has 2 aromatic rings. The number of hydrogen-bond acceptors (Lipinski definition) is 2. The minimum absolute atomic E-state index is 0.0447. The highest BCUT2D eigenvalue weighted by Crippen LogP contribution is 2.24. The van der Waals surface area contributed by atoms with Gasteiger partial charge in [0.15, 0.2) is 0 Å². The summed E-state index contributed by atoms with van der Waals surface area (Å²) in [7, 11) is -4.14. The summed E-state index contributed by atoms with van der Waals surface area (Å²) in [4.78, 5) is -0.0447. The summed E-state index contributed by atoms with van der Waals surface area (Å²) < 4.78 is 31.6. The van der Waals surface area contributed by atoms with Crippen molar-refractivity contribution in [2.75, 3.05) is 0 Å². The maximum atomic E-state index is 11.2. The minimum Gasteiger partial charge on any atom is -0.282 e. The average Bonchev–Trinajstić information content (AvgIpc) is 2.49. The second-order valence-corrected chi connectivity index (χ2v) is 7.21. The van der Waals surface area contributed by atoms with E-state index in [2.05, 4.69) is 13.0 Å². The van der Waals surface area contributed by atoms with E-state index in [4.69, 9.17) is 4.55 Å². The van der Waals surface area contributed by atoms with E-state index in [-0.39, 0.29) is 4.90 Å². The van der Waals surface area contributed by atoms with Crippen LogP contribution in [0.1, 0.15) is 51.0 Å². The van der Waals surface area contributed by atoms with Crippen molar-refractivity contribution in [3.8, 4) is 0 Å². The maximum absolute atomic E-state index is 11.2. The molecule has 0 atom stereocenters. The molecule has 0 saturated carbocycles. The fraction of sp³-hybridized carbons (Fsp3) is 0.444. The van der Waals surface area contributed by atoms with Gasteiger partial charge in [0.1, 0.15) is 0 Å². The van der Waals surface area contributed by atoms with Gasteiger partial charge in [-0.05, 0) is 41.3 Å². The molecule has 0 unspecified atom stereocenters. The molecule has 0 spiro atoms. The molecule has 0 radical (unpaired) electrons. The Bertz CT molecular complexity index is 720. The zero-order valence-electron chi connectivity index (χ0n) is 13.1. The smallest absolute Gasteiger partial charge is 0.282 e. The van der Waals surface area contributed by atoms with E-state index < -0.39 is 10.1 Å². The number of aryl methyl sites for hydroxylation is 1. The van der Waals surface area contributed by atoms with Crippen molar-refractivity contribution in [3.05, 3.63) is 42.0 Å². The number of rotatable bonds is 8. The molecule has 0 heterocycles. The van der Waals surface area contributed by atoms with Crippen LogP contribution >= 0.6 is 0 Å². The molecule has 0 saturated heterocycles. The molecule has 2 aromatic carbocycles. The Hall–Kier alpha value is -1.39. The molecule has 3 nitrogen and oxygen atoms in total. The largest absolute Gasteiger partial charge is 0.294 e. The van der Waals surface area contributed by atoms with Crippen molar-refractivity contribution in [1.29, 1.82) is 0 Å². The van der Waals surface area contributed by atoms with Gasteiger partial charge >= 0.3 is 0 Å². The fourth-order valence-corrected chi connectivity index (χ4v) is 3.32. The van der Waals surface area contributed by atoms with Crippen molar-refractivity contribution in [3.63, 3.8) is 0 Å². The third-order valence-corrected chi connectivity index (χ3v) is 4.89. The molecule has 22 heavy (non-hydrogen) atoms. The van der Waals surface area contributed by atoms with Crippen molar-refractivity contribution in [2.24, 2.45) is 0 Å². The molecular weight excluding hydrogens is 296 g/mol. The molecule has 0 aliphatic heterocycles. The molecule has 0 aliphatic rings. The first kappa shape index (κ1) is 17.0. The van der Waals surface area contributed by atoms with Gasteiger partial charge in [-0.15, -0.1) is 0 Å². The van der Waals surface area contributed by atoms with Gasteiger partial charge in [0.2, 0.25) is 0 Å². The normalized spacial score (nSPS) is 11.9. The molecule has 0 aliphatic carbocycles. The molecule has 4 heteroatoms. The lowest BCUT2D eigenvalue weighted by molar-refractivity contribution is 0.483. The van der Waals surface area contributed by atoms with Crippen LogP contribution in [0.25, 0.3) is 10.8 Å². The highest BCUT2D eigenvalue weighted by atomic mass is 32.2. The molecule has 2 rings (SSSR count). The standard InChI is InChI=1S/C18H24O3S/c1-2-3-4-5-6-7-9-15-10-8-11-16-14-17(22(19,20)21)12-13-18(15)16/h8,10-14H,2-7,9H2,1H3,(H,19,20,21). The van der Waals surface area contributed by atoms with Gasteiger partial charge in [0.05, 0.1) is 4.90 Å². The number of fused-ring (bicyclic) bond motifs is 1. The zero-order chi connectivity index (χ0) is 16.0. The predicted molar refractivity (Wildman–Crippen MR) is 90.8 cm³/mol. The van der Waals surface area contributed by atoms with E-state index in [0.29, 0.717) is 0 Å². The molecule has 0 fully saturated rings. The van der Waals surface area contributed by atoms with Crippen molar-refractivity contribution < 1.29 is 13.0 Å². The highest BCUT2D eigenvalue weighted by molar-refractivity contribution is 7.85. The molecule has 120 valence electrons. The van der Waals surface area contributed by atoms with Gasteiger partial charge in [-0.1, -0.05) is 63.3 Å². The monoisotopic (exact) mass is 320 g/mol. The van der Waals surface area contributed by atoms with E-state index in [1.807, 2.05) is 12.1 Å². The van der Waals surface area contributed by atoms with Crippen molar-refractivity contribution in [1.82, 2.24) is 0 Å². The van der Waals surface area contributed by atoms with Crippen LogP contribution in [0.15, 0.2) is 41.3 Å². The second kappa shape index (κ2) is 7.75. The summed E-state index contributed by atoms with van der Waals surface area (Å²) >= 11 is 0. The first-order valence-corrected chi connectivity index (χ1v) is 9.45. The number of benzene rings is 2. The van der Waals surface area contributed by atoms with E-state index >= 15 is 0 Å². The molecule has 1 N–H and O–H groups in total. The summed E-state index contributed by atoms with van der Waals surface area (Å²) in [5.74, 6) is 0. The summed E-state index contributed by atoms with van der Waals surface area (Å²) in [6, 6.07) is 10.7. The zero-order valence-corrected chi connectivity index (χ0v) is 13.9. The molecule has 0 amide bonds. The quantitative estimate of drug-likeness (QED) is 0.550. The lowest BCUT2D eigenvalue weighted by Gasteiger charge is -2.08. The molecular formula is C18H24O3S. The van der Waals surface area contributed by atoms with Crippen LogP contribution in [0.5, 0.6) is 0 Å². The third-order valence-electron chi connectivity index (χ3n) is 4.04. The summed E-state index contributed by atoms with van der Waals surface area (Å²) in [6.07, 6.45) is 8.57. The Morgan fingerprint density at radius 1 is 0.955 bits per heavy atom. The summed E-state index contributed by atoms with van der Waals surface area (Å²) in [6.45, 7) is 2.22. The van der Waals surface area contributed by atoms with Gasteiger partial charge in [-0.2, -0.15) is 8.42 Å². The van der Waals surface area contributed by atoms with E-state index in [1.54, 1.807) is 6.07 Å². The minimum atomic E-state index is -4.14. The van der Waals surface area contributed by atoms with Crippen LogP contribution in [0.2, 0.25) is 0 Å². The van der Waals surface area contributed by atoms with Crippen LogP contribution in [0.4, 0.5) is 0 Å². The molecule has 0 bridgehead atoms. The Labute approximate surface area is 133 Å². The van der Waals surface area contributed by atoms with E-state index in [1.165, 1.54) is 49.8 Å². The lowest BCUT2D eigenvalue weighted by Crippen LogP contribution is -1.98. The number of hydrogen-bond donors (Lipinski definition) is 1. The van der Waals surface area contributed by atoms with Crippen LogP contribution in [0, 0.1) is 0 Å². The summed E-state index contributed by atoms with van der Waals surface area (Å²) in [5.41, 5.74) is 1.25. The van der Waals surface area contributed by atoms with Gasteiger partial charge in [-0.3, -0.25) is 4.55 Å². The van der Waals surface area contributed by atoms with Crippen molar-refractivity contribution in [2.45, 2.75) is 56.8 Å². The first-order chi connectivity index (χ1) is 10.5. The van der Waals surface area contributed by atoms with Gasteiger partial charge in [0.25, 0.3) is 10.1 Å². The Kier molecular flexibility index (Phi) is 5.98. The van der Waals surface area contributed by atoms with Crippen LogP contribution in [0.3, 0.4) is 0 Å². The van der Waals surface area contributed by atoms with Gasteiger partial charge in [-0.25, -0.2) is 0 Å². The van der Waals surface area contributed by atoms with Crippen LogP contribution in [-0.2, 0) is 16.5 Å². The average molecular weight is 320 g/mol. The third kappa shape index (κ3) is 4.55. The van der Waals surface area contributed by atoms with E-state index in [9.17, 15) is 8.42 Å². The Balaban J connectivity index is 2.08. The van der Waals surface area contributed by atoms with Crippen molar-refractivity contribution >= 4 is 20.9 Å². The summed E-state index contributed by atoms with van der Waals surface area (Å²) in [5, 5.41) is 1.93. The Morgan fingerprint density at radius 3 is 2.41 bits per heavy atom. The van der Waals surface area contributed by atoms with E-state index in [0.717, 1.165) is 23.6 Å². The highest BCUT2D eigenvalue weighted by Gasteiger charge is 2.10.